The van der Waals surface area contributed by atoms with E-state index in [2.05, 4.69) is 289 Å². The number of fused-ring (bicyclic) bond motifs is 4. The van der Waals surface area contributed by atoms with Crippen molar-refractivity contribution in [3.63, 3.8) is 0 Å². The number of nitrogens with zero attached hydrogens (tertiary/aromatic N) is 4. The van der Waals surface area contributed by atoms with E-state index in [9.17, 15) is 0 Å². The minimum absolute atomic E-state index is 0.00396. The zero-order valence-electron chi connectivity index (χ0n) is 48.3. The van der Waals surface area contributed by atoms with Crippen LogP contribution in [0.15, 0.2) is 164 Å². The molecule has 1 aliphatic heterocycles. The molecule has 76 heavy (non-hydrogen) atoms. The molecule has 0 N–H and O–H groups in total. The molecule has 0 amide bonds. The summed E-state index contributed by atoms with van der Waals surface area (Å²) >= 11 is 0. The lowest BCUT2D eigenvalue weighted by Gasteiger charge is -2.26. The summed E-state index contributed by atoms with van der Waals surface area (Å²) in [5.41, 5.74) is 17.3. The van der Waals surface area contributed by atoms with Gasteiger partial charge in [0.15, 0.2) is 0 Å². The number of rotatable bonds is 8. The molecule has 0 saturated carbocycles. The standard InChI is InChI=1S/C71H78N4O/c1-66(2,3)49-33-34-72-64(42-49)75-61-32-29-46(47-35-50(67(4,5)6)38-51(36-47)68(7,8)9)37-59(61)58-31-30-57(44-63(58)75)76-56-26-21-25-54(43-56)73-45-74(55-40-52(69(10,11)12)39-53(41-55)70(13,14)15)65-60(27-22-28-62(65)73)71(16,17)48-23-19-18-20-24-48/h18-44H,1-17H3/q+2. The molecule has 5 nitrogen and oxygen atoms in total. The highest BCUT2D eigenvalue weighted by Crippen LogP contribution is 2.47. The maximum atomic E-state index is 6.97. The quantitative estimate of drug-likeness (QED) is 0.142. The molecule has 0 unspecified atom stereocenters. The molecule has 9 aromatic rings. The predicted octanol–water partition coefficient (Wildman–Crippen LogP) is 19.3. The first kappa shape index (κ1) is 52.1. The fraction of sp³-hybridized carbons (Fsp3) is 0.324. The van der Waals surface area contributed by atoms with Gasteiger partial charge in [-0.25, -0.2) is 4.98 Å². The molecule has 0 aliphatic carbocycles. The Morgan fingerprint density at radius 1 is 0.408 bits per heavy atom. The van der Waals surface area contributed by atoms with Gasteiger partial charge in [-0.05, 0) is 123 Å². The Bertz CT molecular complexity index is 3740. The molecule has 0 saturated heterocycles. The van der Waals surface area contributed by atoms with E-state index in [1.807, 2.05) is 12.3 Å². The molecule has 0 spiro atoms. The Morgan fingerprint density at radius 3 is 1.62 bits per heavy atom. The van der Waals surface area contributed by atoms with Crippen molar-refractivity contribution in [2.24, 2.45) is 0 Å². The first-order chi connectivity index (χ1) is 35.6. The Kier molecular flexibility index (Phi) is 12.7. The van der Waals surface area contributed by atoms with Crippen molar-refractivity contribution < 1.29 is 4.74 Å². The highest BCUT2D eigenvalue weighted by Gasteiger charge is 2.44. The van der Waals surface area contributed by atoms with E-state index < -0.39 is 0 Å². The maximum absolute atomic E-state index is 6.97. The van der Waals surface area contributed by atoms with Gasteiger partial charge in [-0.2, -0.15) is 0 Å². The summed E-state index contributed by atoms with van der Waals surface area (Å²) < 4.78 is 13.8. The minimum atomic E-state index is -0.318. The second-order valence-corrected chi connectivity index (χ2v) is 27.0. The molecule has 0 fully saturated rings. The van der Waals surface area contributed by atoms with Crippen LogP contribution in [0.1, 0.15) is 157 Å². The van der Waals surface area contributed by atoms with Gasteiger partial charge < -0.3 is 4.74 Å². The van der Waals surface area contributed by atoms with Crippen molar-refractivity contribution in [2.45, 2.75) is 150 Å². The lowest BCUT2D eigenvalue weighted by Crippen LogP contribution is -2.22. The molecule has 1 aliphatic rings. The van der Waals surface area contributed by atoms with Crippen molar-refractivity contribution in [1.29, 1.82) is 0 Å². The van der Waals surface area contributed by atoms with Gasteiger partial charge in [0.05, 0.1) is 17.1 Å². The fourth-order valence-electron chi connectivity index (χ4n) is 10.6. The topological polar surface area (TPSA) is 33.1 Å². The van der Waals surface area contributed by atoms with Crippen LogP contribution in [0.4, 0.5) is 22.7 Å². The van der Waals surface area contributed by atoms with Gasteiger partial charge in [0.1, 0.15) is 17.3 Å². The third kappa shape index (κ3) is 9.87. The van der Waals surface area contributed by atoms with Crippen LogP contribution in [-0.4, -0.2) is 15.6 Å². The molecular weight excluding hydrogens is 925 g/mol. The summed E-state index contributed by atoms with van der Waals surface area (Å²) in [5, 5.41) is 2.31. The van der Waals surface area contributed by atoms with Crippen molar-refractivity contribution >= 4 is 50.6 Å². The van der Waals surface area contributed by atoms with Crippen molar-refractivity contribution in [3.05, 3.63) is 203 Å². The summed E-state index contributed by atoms with van der Waals surface area (Å²) in [7, 11) is 0. The zero-order valence-corrected chi connectivity index (χ0v) is 48.3. The summed E-state index contributed by atoms with van der Waals surface area (Å²) in [5.74, 6) is 2.35. The summed E-state index contributed by atoms with van der Waals surface area (Å²) in [4.78, 5) is 5.05. The van der Waals surface area contributed by atoms with Crippen LogP contribution in [0.25, 0.3) is 38.8 Å². The first-order valence-electron chi connectivity index (χ1n) is 27.3. The van der Waals surface area contributed by atoms with E-state index >= 15 is 0 Å². The van der Waals surface area contributed by atoms with E-state index in [0.29, 0.717) is 0 Å². The van der Waals surface area contributed by atoms with Crippen LogP contribution in [-0.2, 0) is 32.5 Å². The molecule has 5 heteroatoms. The number of aromatic nitrogens is 2. The number of hydrogen-bond acceptors (Lipinski definition) is 2. The first-order valence-corrected chi connectivity index (χ1v) is 27.3. The largest absolute Gasteiger partial charge is 0.503 e. The molecular formula is C71H78N4O+2. The maximum Gasteiger partial charge on any atom is 0.503 e. The number of para-hydroxylation sites is 1. The molecule has 0 bridgehead atoms. The van der Waals surface area contributed by atoms with Gasteiger partial charge in [0, 0.05) is 58.3 Å². The number of ether oxygens (including phenoxy) is 1. The monoisotopic (exact) mass is 1000 g/mol. The summed E-state index contributed by atoms with van der Waals surface area (Å²) in [6.07, 6.45) is 1.95. The Labute approximate surface area is 453 Å². The van der Waals surface area contributed by atoms with E-state index in [1.165, 1.54) is 55.5 Å². The highest BCUT2D eigenvalue weighted by molar-refractivity contribution is 6.10. The molecule has 0 radical (unpaired) electrons. The van der Waals surface area contributed by atoms with E-state index in [1.54, 1.807) is 0 Å². The van der Waals surface area contributed by atoms with Crippen LogP contribution < -0.4 is 13.9 Å². The van der Waals surface area contributed by atoms with E-state index in [0.717, 1.165) is 56.5 Å². The van der Waals surface area contributed by atoms with Gasteiger partial charge >= 0.3 is 11.7 Å². The number of benzene rings is 7. The highest BCUT2D eigenvalue weighted by atomic mass is 16.5. The average molecular weight is 1000 g/mol. The molecule has 0 atom stereocenters. The lowest BCUT2D eigenvalue weighted by atomic mass is 9.77. The van der Waals surface area contributed by atoms with Crippen LogP contribution >= 0.6 is 0 Å². The lowest BCUT2D eigenvalue weighted by molar-refractivity contribution is 0.483. The molecule has 7 aromatic carbocycles. The summed E-state index contributed by atoms with van der Waals surface area (Å²) in [6.45, 7) is 39.1. The van der Waals surface area contributed by atoms with Gasteiger partial charge in [0.2, 0.25) is 11.4 Å². The van der Waals surface area contributed by atoms with Crippen molar-refractivity contribution in [2.75, 3.05) is 0 Å². The van der Waals surface area contributed by atoms with Crippen LogP contribution in [0, 0.1) is 0 Å². The van der Waals surface area contributed by atoms with Gasteiger partial charge in [-0.3, -0.25) is 4.57 Å². The molecule has 386 valence electrons. The minimum Gasteiger partial charge on any atom is -0.457 e. The van der Waals surface area contributed by atoms with E-state index in [4.69, 9.17) is 9.72 Å². The van der Waals surface area contributed by atoms with Crippen LogP contribution in [0.3, 0.4) is 0 Å². The average Bonchev–Trinajstić information content (AvgIpc) is 3.97. The second kappa shape index (κ2) is 18.5. The van der Waals surface area contributed by atoms with Gasteiger partial charge in [-0.15, -0.1) is 0 Å². The van der Waals surface area contributed by atoms with Crippen LogP contribution in [0.5, 0.6) is 11.5 Å². The summed E-state index contributed by atoms with van der Waals surface area (Å²) in [6, 6.07) is 62.0. The number of pyridine rings is 1. The smallest absolute Gasteiger partial charge is 0.457 e. The third-order valence-electron chi connectivity index (χ3n) is 15.6. The van der Waals surface area contributed by atoms with Gasteiger partial charge in [-0.1, -0.05) is 197 Å². The third-order valence-corrected chi connectivity index (χ3v) is 15.6. The molecule has 10 rings (SSSR count). The molecule has 2 aromatic heterocycles. The normalized spacial score (nSPS) is 13.5. The van der Waals surface area contributed by atoms with E-state index in [-0.39, 0.29) is 32.5 Å². The Hall–Kier alpha value is -7.33. The number of hydrogen-bond donors (Lipinski definition) is 0. The van der Waals surface area contributed by atoms with Gasteiger partial charge in [0.25, 0.3) is 5.69 Å². The fourth-order valence-corrected chi connectivity index (χ4v) is 10.6. The SMILES string of the molecule is CC(C)(C)c1cc(-c2ccc3c(c2)c2ccc(Oc4cccc([N+]5=C=[N+](c6cc(C(C)(C)C)cc(C(C)(C)C)c6)c6c5cccc6C(C)(C)c5ccccc5)c4)cc2n3-c2cc(C(C)(C)C)ccn2)cc(C(C)(C)C)c1. The van der Waals surface area contributed by atoms with Crippen LogP contribution in [0.2, 0.25) is 0 Å². The van der Waals surface area contributed by atoms with Crippen molar-refractivity contribution in [3.8, 4) is 28.4 Å². The molecule has 3 heterocycles. The second-order valence-electron chi connectivity index (χ2n) is 27.0. The Balaban J connectivity index is 1.12. The van der Waals surface area contributed by atoms with Crippen molar-refractivity contribution in [1.82, 2.24) is 18.7 Å². The Morgan fingerprint density at radius 2 is 1.00 bits per heavy atom. The predicted molar refractivity (Wildman–Crippen MR) is 323 cm³/mol. The zero-order chi connectivity index (χ0) is 54.5.